The Morgan fingerprint density at radius 2 is 1.95 bits per heavy atom. The highest BCUT2D eigenvalue weighted by molar-refractivity contribution is 5.94. The quantitative estimate of drug-likeness (QED) is 0.929. The summed E-state index contributed by atoms with van der Waals surface area (Å²) in [6.07, 6.45) is 2.94. The van der Waals surface area contributed by atoms with Crippen LogP contribution >= 0.6 is 0 Å². The lowest BCUT2D eigenvalue weighted by atomic mass is 10.1. The van der Waals surface area contributed by atoms with E-state index in [4.69, 9.17) is 9.84 Å². The summed E-state index contributed by atoms with van der Waals surface area (Å²) in [6.45, 7) is 0.864. The van der Waals surface area contributed by atoms with Gasteiger partial charge in [0.1, 0.15) is 17.4 Å². The molecule has 0 radical (unpaired) electrons. The molecule has 1 aliphatic heterocycles. The Morgan fingerprint density at radius 3 is 2.64 bits per heavy atom. The van der Waals surface area contributed by atoms with Crippen molar-refractivity contribution < 1.29 is 19.4 Å². The zero-order valence-corrected chi connectivity index (χ0v) is 11.7. The third-order valence-electron chi connectivity index (χ3n) is 3.45. The van der Waals surface area contributed by atoms with Gasteiger partial charge in [0.2, 0.25) is 0 Å². The van der Waals surface area contributed by atoms with Crippen LogP contribution in [0.4, 0.5) is 0 Å². The minimum absolute atomic E-state index is 0.0977. The van der Waals surface area contributed by atoms with Gasteiger partial charge in [0.25, 0.3) is 5.91 Å². The van der Waals surface area contributed by atoms with Crippen molar-refractivity contribution in [3.63, 3.8) is 0 Å². The van der Waals surface area contributed by atoms with Crippen molar-refractivity contribution >= 4 is 11.9 Å². The first-order valence-electron chi connectivity index (χ1n) is 6.83. The lowest BCUT2D eigenvalue weighted by molar-refractivity contribution is 0.0170. The molecule has 1 amide bonds. The summed E-state index contributed by atoms with van der Waals surface area (Å²) in [5.74, 6) is -0.800. The van der Waals surface area contributed by atoms with Crippen LogP contribution in [-0.2, 0) is 0 Å². The van der Waals surface area contributed by atoms with Crippen LogP contribution < -0.4 is 4.74 Å². The Hall–Kier alpha value is -2.89. The molecule has 1 saturated heterocycles. The van der Waals surface area contributed by atoms with Crippen LogP contribution in [0.5, 0.6) is 5.75 Å². The molecule has 6 nitrogen and oxygen atoms in total. The van der Waals surface area contributed by atoms with Gasteiger partial charge in [0.05, 0.1) is 18.7 Å². The fourth-order valence-electron chi connectivity index (χ4n) is 2.28. The SMILES string of the molecule is O=C(O)c1ccccc1OC1CN(C(=O)c2cccnc2)C1. The zero-order chi connectivity index (χ0) is 15.5. The Morgan fingerprint density at radius 1 is 1.18 bits per heavy atom. The Labute approximate surface area is 127 Å². The average molecular weight is 298 g/mol. The molecule has 112 valence electrons. The number of para-hydroxylation sites is 1. The molecule has 2 heterocycles. The highest BCUT2D eigenvalue weighted by Gasteiger charge is 2.33. The third kappa shape index (κ3) is 2.76. The average Bonchev–Trinajstić information content (AvgIpc) is 2.51. The summed E-state index contributed by atoms with van der Waals surface area (Å²) >= 11 is 0. The monoisotopic (exact) mass is 298 g/mol. The van der Waals surface area contributed by atoms with Gasteiger partial charge in [-0.25, -0.2) is 4.79 Å². The molecule has 1 fully saturated rings. The highest BCUT2D eigenvalue weighted by Crippen LogP contribution is 2.23. The molecule has 0 spiro atoms. The zero-order valence-electron chi connectivity index (χ0n) is 11.7. The van der Waals surface area contributed by atoms with Crippen LogP contribution in [0.1, 0.15) is 20.7 Å². The maximum Gasteiger partial charge on any atom is 0.339 e. The Bertz CT molecular complexity index is 696. The van der Waals surface area contributed by atoms with Gasteiger partial charge in [0.15, 0.2) is 0 Å². The van der Waals surface area contributed by atoms with Gasteiger partial charge in [-0.05, 0) is 24.3 Å². The largest absolute Gasteiger partial charge is 0.486 e. The second-order valence-electron chi connectivity index (χ2n) is 4.99. The molecule has 0 unspecified atom stereocenters. The van der Waals surface area contributed by atoms with E-state index in [2.05, 4.69) is 4.98 Å². The molecule has 0 aliphatic carbocycles. The van der Waals surface area contributed by atoms with Crippen LogP contribution in [0.15, 0.2) is 48.8 Å². The predicted octanol–water partition coefficient (Wildman–Crippen LogP) is 1.68. The van der Waals surface area contributed by atoms with Gasteiger partial charge >= 0.3 is 5.97 Å². The smallest absolute Gasteiger partial charge is 0.339 e. The summed E-state index contributed by atoms with van der Waals surface area (Å²) < 4.78 is 5.67. The number of nitrogens with zero attached hydrogens (tertiary/aromatic N) is 2. The second kappa shape index (κ2) is 5.85. The number of carbonyl (C=O) groups excluding carboxylic acids is 1. The van der Waals surface area contributed by atoms with Crippen LogP contribution in [-0.4, -0.2) is 46.1 Å². The summed E-state index contributed by atoms with van der Waals surface area (Å²) in [5.41, 5.74) is 0.659. The van der Waals surface area contributed by atoms with E-state index in [-0.39, 0.29) is 17.6 Å². The number of amides is 1. The number of hydrogen-bond donors (Lipinski definition) is 1. The van der Waals surface area contributed by atoms with Crippen molar-refractivity contribution in [3.8, 4) is 5.75 Å². The molecule has 1 aromatic heterocycles. The molecule has 1 N–H and O–H groups in total. The van der Waals surface area contributed by atoms with E-state index in [1.54, 1.807) is 41.4 Å². The predicted molar refractivity (Wildman–Crippen MR) is 78.0 cm³/mol. The molecular weight excluding hydrogens is 284 g/mol. The van der Waals surface area contributed by atoms with Crippen molar-refractivity contribution in [1.82, 2.24) is 9.88 Å². The maximum absolute atomic E-state index is 12.1. The molecule has 0 bridgehead atoms. The molecule has 3 rings (SSSR count). The van der Waals surface area contributed by atoms with Crippen LogP contribution in [0.25, 0.3) is 0 Å². The molecule has 0 saturated carbocycles. The topological polar surface area (TPSA) is 79.7 Å². The number of likely N-dealkylation sites (tertiary alicyclic amines) is 1. The molecule has 1 aliphatic rings. The van der Waals surface area contributed by atoms with Crippen molar-refractivity contribution in [2.45, 2.75) is 6.10 Å². The van der Waals surface area contributed by atoms with E-state index in [1.165, 1.54) is 12.3 Å². The lowest BCUT2D eigenvalue weighted by Gasteiger charge is -2.39. The molecule has 0 atom stereocenters. The summed E-state index contributed by atoms with van der Waals surface area (Å²) in [4.78, 5) is 28.8. The van der Waals surface area contributed by atoms with Crippen LogP contribution in [0.3, 0.4) is 0 Å². The van der Waals surface area contributed by atoms with E-state index in [0.29, 0.717) is 24.4 Å². The van der Waals surface area contributed by atoms with Crippen molar-refractivity contribution in [3.05, 3.63) is 59.9 Å². The number of carboxylic acids is 1. The number of rotatable bonds is 4. The van der Waals surface area contributed by atoms with Gasteiger partial charge in [-0.3, -0.25) is 9.78 Å². The van der Waals surface area contributed by atoms with Crippen LogP contribution in [0, 0.1) is 0 Å². The summed E-state index contributed by atoms with van der Waals surface area (Å²) in [6, 6.07) is 9.91. The number of aromatic carboxylic acids is 1. The van der Waals surface area contributed by atoms with Gasteiger partial charge < -0.3 is 14.7 Å². The number of benzene rings is 1. The molecule has 6 heteroatoms. The summed E-state index contributed by atoms with van der Waals surface area (Å²) in [7, 11) is 0. The highest BCUT2D eigenvalue weighted by atomic mass is 16.5. The fourth-order valence-corrected chi connectivity index (χ4v) is 2.28. The standard InChI is InChI=1S/C16H14N2O4/c19-15(11-4-3-7-17-8-11)18-9-12(10-18)22-14-6-2-1-5-13(14)16(20)21/h1-8,12H,9-10H2,(H,20,21). The molecular formula is C16H14N2O4. The maximum atomic E-state index is 12.1. The third-order valence-corrected chi connectivity index (χ3v) is 3.45. The van der Waals surface area contributed by atoms with E-state index >= 15 is 0 Å². The van der Waals surface area contributed by atoms with Crippen molar-refractivity contribution in [2.75, 3.05) is 13.1 Å². The van der Waals surface area contributed by atoms with E-state index in [9.17, 15) is 9.59 Å². The minimum Gasteiger partial charge on any atom is -0.486 e. The number of pyridine rings is 1. The van der Waals surface area contributed by atoms with E-state index in [1.807, 2.05) is 0 Å². The van der Waals surface area contributed by atoms with Crippen LogP contribution in [0.2, 0.25) is 0 Å². The summed E-state index contributed by atoms with van der Waals surface area (Å²) in [5, 5.41) is 9.11. The first kappa shape index (κ1) is 14.1. The Balaban J connectivity index is 1.61. The Kier molecular flexibility index (Phi) is 3.74. The number of carboxylic acid groups (broad SMARTS) is 1. The molecule has 2 aromatic rings. The van der Waals surface area contributed by atoms with Gasteiger partial charge in [-0.1, -0.05) is 12.1 Å². The van der Waals surface area contributed by atoms with Gasteiger partial charge in [-0.2, -0.15) is 0 Å². The van der Waals surface area contributed by atoms with Crippen molar-refractivity contribution in [2.24, 2.45) is 0 Å². The first-order valence-corrected chi connectivity index (χ1v) is 6.83. The number of carbonyl (C=O) groups is 2. The fraction of sp³-hybridized carbons (Fsp3) is 0.188. The number of aromatic nitrogens is 1. The van der Waals surface area contributed by atoms with Crippen molar-refractivity contribution in [1.29, 1.82) is 0 Å². The first-order chi connectivity index (χ1) is 10.6. The van der Waals surface area contributed by atoms with Gasteiger partial charge in [-0.15, -0.1) is 0 Å². The number of hydrogen-bond acceptors (Lipinski definition) is 4. The number of ether oxygens (including phenoxy) is 1. The normalized spacial score (nSPS) is 14.3. The van der Waals surface area contributed by atoms with E-state index in [0.717, 1.165) is 0 Å². The lowest BCUT2D eigenvalue weighted by Crippen LogP contribution is -2.56. The molecule has 22 heavy (non-hydrogen) atoms. The second-order valence-corrected chi connectivity index (χ2v) is 4.99. The molecule has 1 aromatic carbocycles. The van der Waals surface area contributed by atoms with Gasteiger partial charge in [0, 0.05) is 12.4 Å². The minimum atomic E-state index is -1.03. The van der Waals surface area contributed by atoms with E-state index < -0.39 is 5.97 Å².